The van der Waals surface area contributed by atoms with E-state index in [9.17, 15) is 0 Å². The summed E-state index contributed by atoms with van der Waals surface area (Å²) in [5.74, 6) is 0.993. The molecule has 2 aromatic rings. The average Bonchev–Trinajstić information content (AvgIpc) is 3.02. The fourth-order valence-electron chi connectivity index (χ4n) is 2.57. The second-order valence-electron chi connectivity index (χ2n) is 5.18. The second-order valence-corrected chi connectivity index (χ2v) is 6.03. The number of halogens is 1. The minimum atomic E-state index is 0.0198. The van der Waals surface area contributed by atoms with Crippen molar-refractivity contribution in [2.75, 3.05) is 13.2 Å². The molecule has 0 radical (unpaired) electrons. The van der Waals surface area contributed by atoms with Gasteiger partial charge in [0.05, 0.1) is 17.8 Å². The van der Waals surface area contributed by atoms with Crippen molar-refractivity contribution in [1.29, 1.82) is 0 Å². The van der Waals surface area contributed by atoms with E-state index in [1.165, 1.54) is 0 Å². The lowest BCUT2D eigenvalue weighted by atomic mass is 10.1. The maximum absolute atomic E-state index is 5.77. The minimum Gasteiger partial charge on any atom is -0.496 e. The largest absolute Gasteiger partial charge is 0.496 e. The third-order valence-corrected chi connectivity index (χ3v) is 4.23. The van der Waals surface area contributed by atoms with E-state index in [1.54, 1.807) is 0 Å². The van der Waals surface area contributed by atoms with Gasteiger partial charge in [-0.05, 0) is 47.1 Å². The maximum atomic E-state index is 5.77. The smallest absolute Gasteiger partial charge is 0.115 e. The van der Waals surface area contributed by atoms with Crippen LogP contribution in [-0.2, 0) is 4.74 Å². The molecular formula is C17H19BrN2O. The summed E-state index contributed by atoms with van der Waals surface area (Å²) < 4.78 is 6.79. The summed E-state index contributed by atoms with van der Waals surface area (Å²) in [4.78, 5) is 4.84. The van der Waals surface area contributed by atoms with Crippen molar-refractivity contribution in [3.8, 4) is 0 Å². The van der Waals surface area contributed by atoms with Crippen LogP contribution in [0.4, 0.5) is 0 Å². The highest BCUT2D eigenvalue weighted by Gasteiger charge is 2.24. The van der Waals surface area contributed by atoms with Gasteiger partial charge in [0, 0.05) is 16.3 Å². The molecule has 1 atom stereocenters. The Morgan fingerprint density at radius 2 is 2.24 bits per heavy atom. The molecule has 0 amide bonds. The van der Waals surface area contributed by atoms with Crippen LogP contribution in [0.5, 0.6) is 0 Å². The van der Waals surface area contributed by atoms with Gasteiger partial charge in [0.2, 0.25) is 0 Å². The highest BCUT2D eigenvalue weighted by molar-refractivity contribution is 9.10. The number of hydrogen-bond acceptors (Lipinski definition) is 3. The molecule has 1 aliphatic rings. The van der Waals surface area contributed by atoms with Crippen LogP contribution in [0.3, 0.4) is 0 Å². The number of fused-ring (bicyclic) bond motifs is 1. The summed E-state index contributed by atoms with van der Waals surface area (Å²) in [5.41, 5.74) is 2.01. The van der Waals surface area contributed by atoms with Gasteiger partial charge in [0.15, 0.2) is 0 Å². The molecule has 21 heavy (non-hydrogen) atoms. The van der Waals surface area contributed by atoms with Crippen molar-refractivity contribution in [3.63, 3.8) is 0 Å². The highest BCUT2D eigenvalue weighted by Crippen LogP contribution is 2.32. The van der Waals surface area contributed by atoms with Crippen LogP contribution in [0.1, 0.15) is 31.5 Å². The number of aromatic nitrogens is 1. The topological polar surface area (TPSA) is 34.1 Å². The molecule has 3 rings (SSSR count). The first kappa shape index (κ1) is 14.5. The molecule has 1 N–H and O–H groups in total. The molecule has 110 valence electrons. The number of nitrogens with zero attached hydrogens (tertiary/aromatic N) is 1. The summed E-state index contributed by atoms with van der Waals surface area (Å²) in [6, 6.07) is 10.3. The molecule has 0 saturated carbocycles. The van der Waals surface area contributed by atoms with Crippen molar-refractivity contribution >= 4 is 26.8 Å². The van der Waals surface area contributed by atoms with E-state index in [2.05, 4.69) is 46.4 Å². The van der Waals surface area contributed by atoms with E-state index in [0.29, 0.717) is 0 Å². The number of nitrogens with one attached hydrogen (secondary N) is 1. The normalized spacial score (nSPS) is 15.8. The summed E-state index contributed by atoms with van der Waals surface area (Å²) in [6.07, 6.45) is 4.22. The lowest BCUT2D eigenvalue weighted by Crippen LogP contribution is -2.25. The molecule has 1 aromatic carbocycles. The number of rotatable bonds is 5. The van der Waals surface area contributed by atoms with Gasteiger partial charge in [-0.25, -0.2) is 4.98 Å². The van der Waals surface area contributed by atoms with E-state index in [0.717, 1.165) is 52.8 Å². The summed E-state index contributed by atoms with van der Waals surface area (Å²) in [7, 11) is 0. The zero-order valence-electron chi connectivity index (χ0n) is 12.1. The lowest BCUT2D eigenvalue weighted by molar-refractivity contribution is 0.214. The van der Waals surface area contributed by atoms with Crippen LogP contribution < -0.4 is 5.32 Å². The molecule has 2 heterocycles. The van der Waals surface area contributed by atoms with Gasteiger partial charge in [-0.2, -0.15) is 0 Å². The van der Waals surface area contributed by atoms with E-state index in [-0.39, 0.29) is 6.04 Å². The van der Waals surface area contributed by atoms with E-state index in [1.807, 2.05) is 18.2 Å². The SMILES string of the molecule is CCCNC(C1=CCCO1)c1nc2ccccc2cc1Br. The predicted octanol–water partition coefficient (Wildman–Crippen LogP) is 4.34. The van der Waals surface area contributed by atoms with Crippen molar-refractivity contribution in [3.05, 3.63) is 52.3 Å². The van der Waals surface area contributed by atoms with Crippen molar-refractivity contribution in [2.45, 2.75) is 25.8 Å². The Morgan fingerprint density at radius 1 is 1.38 bits per heavy atom. The minimum absolute atomic E-state index is 0.0198. The second kappa shape index (κ2) is 6.58. The maximum Gasteiger partial charge on any atom is 0.115 e. The third-order valence-electron chi connectivity index (χ3n) is 3.59. The molecule has 4 heteroatoms. The van der Waals surface area contributed by atoms with Crippen molar-refractivity contribution in [2.24, 2.45) is 0 Å². The van der Waals surface area contributed by atoms with Crippen LogP contribution in [0.15, 0.2) is 46.6 Å². The van der Waals surface area contributed by atoms with E-state index in [4.69, 9.17) is 9.72 Å². The summed E-state index contributed by atoms with van der Waals surface area (Å²) >= 11 is 3.67. The van der Waals surface area contributed by atoms with Gasteiger partial charge in [-0.15, -0.1) is 0 Å². The van der Waals surface area contributed by atoms with Crippen LogP contribution in [-0.4, -0.2) is 18.1 Å². The quantitative estimate of drug-likeness (QED) is 0.874. The third kappa shape index (κ3) is 3.11. The number of hydrogen-bond donors (Lipinski definition) is 1. The molecule has 1 aromatic heterocycles. The molecule has 0 bridgehead atoms. The van der Waals surface area contributed by atoms with E-state index < -0.39 is 0 Å². The molecule has 3 nitrogen and oxygen atoms in total. The Hall–Kier alpha value is -1.39. The molecule has 1 unspecified atom stereocenters. The standard InChI is InChI=1S/C17H19BrN2O/c1-2-9-19-17(15-8-5-10-21-15)16-13(18)11-12-6-3-4-7-14(12)20-16/h3-4,6-8,11,17,19H,2,5,9-10H2,1H3. The summed E-state index contributed by atoms with van der Waals surface area (Å²) in [5, 5.41) is 4.69. The number of benzene rings is 1. The predicted molar refractivity (Wildman–Crippen MR) is 89.1 cm³/mol. The number of ether oxygens (including phenoxy) is 1. The van der Waals surface area contributed by atoms with Crippen LogP contribution in [0.2, 0.25) is 0 Å². The highest BCUT2D eigenvalue weighted by atomic mass is 79.9. The Morgan fingerprint density at radius 3 is 3.00 bits per heavy atom. The number of para-hydroxylation sites is 1. The molecule has 0 spiro atoms. The number of pyridine rings is 1. The van der Waals surface area contributed by atoms with Gasteiger partial charge < -0.3 is 10.1 Å². The first-order valence-corrected chi connectivity index (χ1v) is 8.20. The van der Waals surface area contributed by atoms with Gasteiger partial charge in [0.25, 0.3) is 0 Å². The van der Waals surface area contributed by atoms with Crippen LogP contribution in [0, 0.1) is 0 Å². The van der Waals surface area contributed by atoms with E-state index >= 15 is 0 Å². The Labute approximate surface area is 133 Å². The van der Waals surface area contributed by atoms with Gasteiger partial charge in [0.1, 0.15) is 11.8 Å². The molecule has 0 aliphatic carbocycles. The molecule has 0 fully saturated rings. The fourth-order valence-corrected chi connectivity index (χ4v) is 3.13. The Kier molecular flexibility index (Phi) is 4.56. The molecular weight excluding hydrogens is 328 g/mol. The summed E-state index contributed by atoms with van der Waals surface area (Å²) in [6.45, 7) is 3.87. The zero-order chi connectivity index (χ0) is 14.7. The van der Waals surface area contributed by atoms with Crippen LogP contribution in [0.25, 0.3) is 10.9 Å². The van der Waals surface area contributed by atoms with Crippen LogP contribution >= 0.6 is 15.9 Å². The average molecular weight is 347 g/mol. The zero-order valence-corrected chi connectivity index (χ0v) is 13.7. The van der Waals surface area contributed by atoms with Gasteiger partial charge in [-0.3, -0.25) is 0 Å². The Bertz CT molecular complexity index is 669. The Balaban J connectivity index is 2.03. The van der Waals surface area contributed by atoms with Gasteiger partial charge >= 0.3 is 0 Å². The lowest BCUT2D eigenvalue weighted by Gasteiger charge is -2.21. The van der Waals surface area contributed by atoms with Gasteiger partial charge in [-0.1, -0.05) is 25.1 Å². The monoisotopic (exact) mass is 346 g/mol. The fraction of sp³-hybridized carbons (Fsp3) is 0.353. The first-order valence-electron chi connectivity index (χ1n) is 7.41. The first-order chi connectivity index (χ1) is 10.3. The van der Waals surface area contributed by atoms with Crippen molar-refractivity contribution < 1.29 is 4.74 Å². The molecule has 0 saturated heterocycles. The van der Waals surface area contributed by atoms with Crippen molar-refractivity contribution in [1.82, 2.24) is 10.3 Å². The molecule has 1 aliphatic heterocycles.